The van der Waals surface area contributed by atoms with Gasteiger partial charge in [-0.15, -0.1) is 11.3 Å². The van der Waals surface area contributed by atoms with E-state index in [4.69, 9.17) is 5.73 Å². The van der Waals surface area contributed by atoms with Crippen LogP contribution in [0.1, 0.15) is 26.0 Å². The predicted octanol–water partition coefficient (Wildman–Crippen LogP) is 2.83. The predicted molar refractivity (Wildman–Crippen MR) is 86.1 cm³/mol. The van der Waals surface area contributed by atoms with E-state index in [0.29, 0.717) is 18.2 Å². The Labute approximate surface area is 128 Å². The molecule has 2 aromatic rings. The molecule has 1 atom stereocenters. The van der Waals surface area contributed by atoms with Crippen LogP contribution in [0.25, 0.3) is 10.7 Å². The molecule has 0 bridgehead atoms. The number of pyridine rings is 1. The van der Waals surface area contributed by atoms with Crippen molar-refractivity contribution >= 4 is 23.1 Å². The fourth-order valence-electron chi connectivity index (χ4n) is 1.93. The van der Waals surface area contributed by atoms with Crippen molar-refractivity contribution in [2.24, 2.45) is 11.7 Å². The van der Waals surface area contributed by atoms with E-state index < -0.39 is 6.04 Å². The number of anilines is 1. The maximum absolute atomic E-state index is 12.0. The van der Waals surface area contributed by atoms with Crippen molar-refractivity contribution in [3.05, 3.63) is 29.3 Å². The molecule has 0 unspecified atom stereocenters. The van der Waals surface area contributed by atoms with Crippen LogP contribution in [0, 0.1) is 12.8 Å². The van der Waals surface area contributed by atoms with Crippen molar-refractivity contribution in [1.82, 2.24) is 9.97 Å². The van der Waals surface area contributed by atoms with Gasteiger partial charge in [0, 0.05) is 11.1 Å². The fourth-order valence-corrected chi connectivity index (χ4v) is 2.69. The smallest absolute Gasteiger partial charge is 0.242 e. The van der Waals surface area contributed by atoms with E-state index >= 15 is 0 Å². The van der Waals surface area contributed by atoms with Gasteiger partial charge in [0.05, 0.1) is 6.04 Å². The van der Waals surface area contributed by atoms with Crippen LogP contribution >= 0.6 is 11.3 Å². The van der Waals surface area contributed by atoms with Gasteiger partial charge >= 0.3 is 0 Å². The molecule has 0 aliphatic carbocycles. The number of carbonyl (C=O) groups is 1. The molecule has 3 N–H and O–H groups in total. The summed E-state index contributed by atoms with van der Waals surface area (Å²) in [6.07, 6.45) is 0.650. The first-order chi connectivity index (χ1) is 9.95. The summed E-state index contributed by atoms with van der Waals surface area (Å²) in [5, 5.41) is 5.58. The van der Waals surface area contributed by atoms with E-state index in [9.17, 15) is 4.79 Å². The van der Waals surface area contributed by atoms with Crippen LogP contribution in [0.2, 0.25) is 0 Å². The highest BCUT2D eigenvalue weighted by atomic mass is 32.1. The van der Waals surface area contributed by atoms with Gasteiger partial charge in [-0.3, -0.25) is 4.79 Å². The second-order valence-corrected chi connectivity index (χ2v) is 6.29. The van der Waals surface area contributed by atoms with E-state index in [2.05, 4.69) is 15.3 Å². The monoisotopic (exact) mass is 304 g/mol. The van der Waals surface area contributed by atoms with Gasteiger partial charge in [-0.25, -0.2) is 9.97 Å². The zero-order chi connectivity index (χ0) is 15.4. The molecule has 2 rings (SSSR count). The topological polar surface area (TPSA) is 80.9 Å². The second kappa shape index (κ2) is 6.78. The van der Waals surface area contributed by atoms with Crippen molar-refractivity contribution in [1.29, 1.82) is 0 Å². The molecule has 0 fully saturated rings. The molecular weight excluding hydrogens is 284 g/mol. The van der Waals surface area contributed by atoms with E-state index in [1.165, 1.54) is 11.3 Å². The first-order valence-corrected chi connectivity index (χ1v) is 7.79. The Hall–Kier alpha value is -1.79. The van der Waals surface area contributed by atoms with Gasteiger partial charge in [-0.05, 0) is 31.4 Å². The fraction of sp³-hybridized carbons (Fsp3) is 0.400. The summed E-state index contributed by atoms with van der Waals surface area (Å²) in [5.74, 6) is 0.677. The average molecular weight is 304 g/mol. The van der Waals surface area contributed by atoms with E-state index in [1.807, 2.05) is 38.3 Å². The SMILES string of the molecule is Cc1csc(-c2cccc(NC(=O)[C@@H](N)CC(C)C)n2)n1. The number of nitrogens with two attached hydrogens (primary N) is 1. The highest BCUT2D eigenvalue weighted by molar-refractivity contribution is 7.13. The summed E-state index contributed by atoms with van der Waals surface area (Å²) < 4.78 is 0. The molecule has 5 nitrogen and oxygen atoms in total. The number of hydrogen-bond donors (Lipinski definition) is 2. The van der Waals surface area contributed by atoms with Gasteiger partial charge < -0.3 is 11.1 Å². The molecule has 0 aliphatic heterocycles. The molecule has 0 saturated heterocycles. The maximum atomic E-state index is 12.0. The summed E-state index contributed by atoms with van der Waals surface area (Å²) in [5.41, 5.74) is 7.58. The molecule has 0 aliphatic rings. The number of nitrogens with zero attached hydrogens (tertiary/aromatic N) is 2. The Morgan fingerprint density at radius 3 is 2.76 bits per heavy atom. The van der Waals surface area contributed by atoms with Gasteiger partial charge in [0.2, 0.25) is 5.91 Å². The summed E-state index contributed by atoms with van der Waals surface area (Å²) >= 11 is 1.53. The van der Waals surface area contributed by atoms with Gasteiger partial charge in [-0.1, -0.05) is 19.9 Å². The molecule has 21 heavy (non-hydrogen) atoms. The minimum Gasteiger partial charge on any atom is -0.320 e. The van der Waals surface area contributed by atoms with Crippen molar-refractivity contribution in [2.45, 2.75) is 33.2 Å². The Balaban J connectivity index is 2.09. The molecule has 0 aromatic carbocycles. The van der Waals surface area contributed by atoms with Crippen LogP contribution in [0.4, 0.5) is 5.82 Å². The van der Waals surface area contributed by atoms with Crippen molar-refractivity contribution < 1.29 is 4.79 Å². The molecule has 0 spiro atoms. The lowest BCUT2D eigenvalue weighted by Crippen LogP contribution is -2.36. The molecule has 0 radical (unpaired) electrons. The number of rotatable bonds is 5. The third-order valence-corrected chi connectivity index (χ3v) is 3.88. The van der Waals surface area contributed by atoms with Gasteiger partial charge in [0.15, 0.2) is 0 Å². The quantitative estimate of drug-likeness (QED) is 0.890. The molecule has 112 valence electrons. The van der Waals surface area contributed by atoms with Crippen LogP contribution in [0.15, 0.2) is 23.6 Å². The lowest BCUT2D eigenvalue weighted by Gasteiger charge is -2.13. The maximum Gasteiger partial charge on any atom is 0.242 e. The molecular formula is C15H20N4OS. The van der Waals surface area contributed by atoms with Crippen LogP contribution in [-0.4, -0.2) is 21.9 Å². The Bertz CT molecular complexity index is 624. The van der Waals surface area contributed by atoms with E-state index in [1.54, 1.807) is 6.07 Å². The standard InChI is InChI=1S/C15H20N4OS/c1-9(2)7-11(16)14(20)19-13-6-4-5-12(18-13)15-17-10(3)8-21-15/h4-6,8-9,11H,7,16H2,1-3H3,(H,18,19,20)/t11-/m0/s1. The number of hydrogen-bond acceptors (Lipinski definition) is 5. The van der Waals surface area contributed by atoms with Crippen molar-refractivity contribution in [2.75, 3.05) is 5.32 Å². The van der Waals surface area contributed by atoms with Crippen LogP contribution in [-0.2, 0) is 4.79 Å². The summed E-state index contributed by atoms with van der Waals surface area (Å²) in [7, 11) is 0. The number of amides is 1. The van der Waals surface area contributed by atoms with E-state index in [-0.39, 0.29) is 5.91 Å². The second-order valence-electron chi connectivity index (χ2n) is 5.43. The van der Waals surface area contributed by atoms with Gasteiger partial charge in [0.25, 0.3) is 0 Å². The van der Waals surface area contributed by atoms with Crippen LogP contribution in [0.5, 0.6) is 0 Å². The normalized spacial score (nSPS) is 12.4. The van der Waals surface area contributed by atoms with E-state index in [0.717, 1.165) is 16.4 Å². The number of aromatic nitrogens is 2. The van der Waals surface area contributed by atoms with Gasteiger partial charge in [-0.2, -0.15) is 0 Å². The first-order valence-electron chi connectivity index (χ1n) is 6.91. The summed E-state index contributed by atoms with van der Waals surface area (Å²) in [6.45, 7) is 6.02. The Morgan fingerprint density at radius 2 is 2.14 bits per heavy atom. The highest BCUT2D eigenvalue weighted by Gasteiger charge is 2.16. The lowest BCUT2D eigenvalue weighted by molar-refractivity contribution is -0.117. The lowest BCUT2D eigenvalue weighted by atomic mass is 10.0. The molecule has 0 saturated carbocycles. The summed E-state index contributed by atoms with van der Waals surface area (Å²) in [4.78, 5) is 20.8. The van der Waals surface area contributed by atoms with Crippen LogP contribution < -0.4 is 11.1 Å². The Morgan fingerprint density at radius 1 is 1.38 bits per heavy atom. The first kappa shape index (κ1) is 15.6. The molecule has 6 heteroatoms. The van der Waals surface area contributed by atoms with Crippen molar-refractivity contribution in [3.8, 4) is 10.7 Å². The minimum absolute atomic E-state index is 0.205. The Kier molecular flexibility index (Phi) is 5.03. The summed E-state index contributed by atoms with van der Waals surface area (Å²) in [6, 6.07) is 4.96. The third kappa shape index (κ3) is 4.34. The zero-order valence-electron chi connectivity index (χ0n) is 12.5. The molecule has 2 aromatic heterocycles. The zero-order valence-corrected chi connectivity index (χ0v) is 13.3. The number of aryl methyl sites for hydroxylation is 1. The number of carbonyl (C=O) groups excluding carboxylic acids is 1. The third-order valence-electron chi connectivity index (χ3n) is 2.90. The highest BCUT2D eigenvalue weighted by Crippen LogP contribution is 2.22. The average Bonchev–Trinajstić information content (AvgIpc) is 2.85. The molecule has 2 heterocycles. The van der Waals surface area contributed by atoms with Gasteiger partial charge in [0.1, 0.15) is 16.5 Å². The van der Waals surface area contributed by atoms with Crippen molar-refractivity contribution in [3.63, 3.8) is 0 Å². The molecule has 1 amide bonds. The number of thiazole rings is 1. The minimum atomic E-state index is -0.516. The van der Waals surface area contributed by atoms with Crippen LogP contribution in [0.3, 0.4) is 0 Å². The number of nitrogens with one attached hydrogen (secondary N) is 1. The largest absolute Gasteiger partial charge is 0.320 e.